The van der Waals surface area contributed by atoms with E-state index in [2.05, 4.69) is 33.9 Å². The molecule has 0 radical (unpaired) electrons. The highest BCUT2D eigenvalue weighted by Gasteiger charge is 2.21. The molecule has 0 bridgehead atoms. The maximum absolute atomic E-state index is 12.4. The van der Waals surface area contributed by atoms with Crippen molar-refractivity contribution in [3.63, 3.8) is 0 Å². The molecule has 0 aliphatic rings. The monoisotopic (exact) mass is 376 g/mol. The van der Waals surface area contributed by atoms with Crippen LogP contribution in [0.3, 0.4) is 0 Å². The summed E-state index contributed by atoms with van der Waals surface area (Å²) >= 11 is 0. The number of hydrogen-bond acceptors (Lipinski definition) is 3. The van der Waals surface area contributed by atoms with Gasteiger partial charge < -0.3 is 9.30 Å². The summed E-state index contributed by atoms with van der Waals surface area (Å²) in [5, 5.41) is 1.16. The fourth-order valence-electron chi connectivity index (χ4n) is 3.33. The van der Waals surface area contributed by atoms with E-state index in [0.717, 1.165) is 33.5 Å². The van der Waals surface area contributed by atoms with Crippen LogP contribution in [0.5, 0.6) is 0 Å². The van der Waals surface area contributed by atoms with Crippen LogP contribution in [-0.4, -0.2) is 32.7 Å². The number of nitrogens with zero attached hydrogens (tertiary/aromatic N) is 4. The van der Waals surface area contributed by atoms with Crippen LogP contribution in [0.2, 0.25) is 0 Å². The Hall–Kier alpha value is -3.28. The lowest BCUT2D eigenvalue weighted by atomic mass is 10.1. The normalized spacial score (nSPS) is 11.9. The van der Waals surface area contributed by atoms with Crippen LogP contribution >= 0.6 is 0 Å². The predicted molar refractivity (Wildman–Crippen MR) is 112 cm³/mol. The van der Waals surface area contributed by atoms with Crippen LogP contribution < -0.4 is 4.90 Å². The van der Waals surface area contributed by atoms with Crippen LogP contribution in [0.4, 0.5) is 10.5 Å². The van der Waals surface area contributed by atoms with Crippen LogP contribution in [0.25, 0.3) is 27.8 Å². The summed E-state index contributed by atoms with van der Waals surface area (Å²) in [5.41, 5.74) is 4.26. The first-order chi connectivity index (χ1) is 13.2. The molecule has 3 heterocycles. The van der Waals surface area contributed by atoms with Crippen molar-refractivity contribution in [1.82, 2.24) is 14.0 Å². The third kappa shape index (κ3) is 3.11. The van der Waals surface area contributed by atoms with Crippen molar-refractivity contribution in [2.45, 2.75) is 26.4 Å². The lowest BCUT2D eigenvalue weighted by Crippen LogP contribution is -2.34. The summed E-state index contributed by atoms with van der Waals surface area (Å²) in [6.45, 7) is 5.57. The zero-order chi connectivity index (χ0) is 20.1. The first-order valence-electron chi connectivity index (χ1n) is 9.23. The second-order valence-electron chi connectivity index (χ2n) is 7.96. The smallest absolute Gasteiger partial charge is 0.414 e. The SMILES string of the molecule is CN(C(=O)OC(C)(C)C)c1ccc2ncc(-c3cccc4c3ccn4C)n2c1. The van der Waals surface area contributed by atoms with Crippen molar-refractivity contribution in [1.29, 1.82) is 0 Å². The van der Waals surface area contributed by atoms with Crippen LogP contribution in [0, 0.1) is 0 Å². The Bertz CT molecular complexity index is 1180. The van der Waals surface area contributed by atoms with E-state index in [0.29, 0.717) is 0 Å². The van der Waals surface area contributed by atoms with Gasteiger partial charge in [0.15, 0.2) is 0 Å². The number of rotatable bonds is 2. The molecule has 0 fully saturated rings. The molecule has 4 rings (SSSR count). The largest absolute Gasteiger partial charge is 0.443 e. The number of aromatic nitrogens is 3. The Morgan fingerprint density at radius 1 is 1.14 bits per heavy atom. The van der Waals surface area contributed by atoms with Gasteiger partial charge in [-0.2, -0.15) is 0 Å². The number of imidazole rings is 1. The number of anilines is 1. The predicted octanol–water partition coefficient (Wildman–Crippen LogP) is 4.86. The topological polar surface area (TPSA) is 51.8 Å². The number of carbonyl (C=O) groups excluding carboxylic acids is 1. The minimum Gasteiger partial charge on any atom is -0.443 e. The molecular formula is C22H24N4O2. The average Bonchev–Trinajstić information content (AvgIpc) is 3.23. The molecule has 6 heteroatoms. The van der Waals surface area contributed by atoms with Gasteiger partial charge >= 0.3 is 6.09 Å². The first-order valence-corrected chi connectivity index (χ1v) is 9.23. The third-order valence-electron chi connectivity index (χ3n) is 4.75. The fourth-order valence-corrected chi connectivity index (χ4v) is 3.33. The number of pyridine rings is 1. The van der Waals surface area contributed by atoms with E-state index in [1.807, 2.05) is 62.8 Å². The number of aryl methyl sites for hydroxylation is 1. The molecule has 0 aliphatic heterocycles. The van der Waals surface area contributed by atoms with Crippen molar-refractivity contribution in [2.24, 2.45) is 7.05 Å². The molecule has 6 nitrogen and oxygen atoms in total. The molecule has 0 atom stereocenters. The zero-order valence-corrected chi connectivity index (χ0v) is 16.8. The molecule has 144 valence electrons. The van der Waals surface area contributed by atoms with E-state index in [1.165, 1.54) is 4.90 Å². The van der Waals surface area contributed by atoms with Crippen molar-refractivity contribution < 1.29 is 9.53 Å². The second-order valence-corrected chi connectivity index (χ2v) is 7.96. The van der Waals surface area contributed by atoms with E-state index in [-0.39, 0.29) is 0 Å². The molecule has 1 amide bonds. The Labute approximate surface area is 164 Å². The summed E-state index contributed by atoms with van der Waals surface area (Å²) < 4.78 is 9.59. The van der Waals surface area contributed by atoms with Crippen molar-refractivity contribution in [2.75, 3.05) is 11.9 Å². The van der Waals surface area contributed by atoms with Gasteiger partial charge in [0.25, 0.3) is 0 Å². The van der Waals surface area contributed by atoms with Gasteiger partial charge in [-0.3, -0.25) is 9.30 Å². The summed E-state index contributed by atoms with van der Waals surface area (Å²) in [5.74, 6) is 0. The molecule has 28 heavy (non-hydrogen) atoms. The zero-order valence-electron chi connectivity index (χ0n) is 16.8. The fraction of sp³-hybridized carbons (Fsp3) is 0.273. The highest BCUT2D eigenvalue weighted by molar-refractivity contribution is 5.95. The van der Waals surface area contributed by atoms with Gasteiger partial charge in [-0.15, -0.1) is 0 Å². The van der Waals surface area contributed by atoms with Gasteiger partial charge in [0.2, 0.25) is 0 Å². The number of hydrogen-bond donors (Lipinski definition) is 0. The van der Waals surface area contributed by atoms with E-state index in [9.17, 15) is 4.79 Å². The number of amides is 1. The lowest BCUT2D eigenvalue weighted by molar-refractivity contribution is 0.0589. The summed E-state index contributed by atoms with van der Waals surface area (Å²) in [6.07, 6.45) is 5.45. The summed E-state index contributed by atoms with van der Waals surface area (Å²) in [7, 11) is 3.75. The Balaban J connectivity index is 1.79. The van der Waals surface area contributed by atoms with Gasteiger partial charge in [-0.1, -0.05) is 12.1 Å². The lowest BCUT2D eigenvalue weighted by Gasteiger charge is -2.24. The molecule has 0 saturated carbocycles. The second kappa shape index (κ2) is 6.41. The molecule has 0 unspecified atom stereocenters. The minimum atomic E-state index is -0.543. The maximum Gasteiger partial charge on any atom is 0.414 e. The average molecular weight is 376 g/mol. The molecule has 1 aromatic carbocycles. The van der Waals surface area contributed by atoms with Crippen molar-refractivity contribution in [3.05, 3.63) is 55.0 Å². The highest BCUT2D eigenvalue weighted by Crippen LogP contribution is 2.30. The number of carbonyl (C=O) groups is 1. The first kappa shape index (κ1) is 18.1. The van der Waals surface area contributed by atoms with E-state index < -0.39 is 11.7 Å². The number of ether oxygens (including phenoxy) is 1. The Morgan fingerprint density at radius 2 is 1.93 bits per heavy atom. The summed E-state index contributed by atoms with van der Waals surface area (Å²) in [6, 6.07) is 12.1. The summed E-state index contributed by atoms with van der Waals surface area (Å²) in [4.78, 5) is 18.5. The van der Waals surface area contributed by atoms with Gasteiger partial charge in [0, 0.05) is 43.0 Å². The molecular weight excluding hydrogens is 352 g/mol. The molecule has 0 spiro atoms. The number of fused-ring (bicyclic) bond motifs is 2. The Kier molecular flexibility index (Phi) is 4.14. The van der Waals surface area contributed by atoms with Gasteiger partial charge in [-0.25, -0.2) is 9.78 Å². The molecule has 3 aromatic heterocycles. The highest BCUT2D eigenvalue weighted by atomic mass is 16.6. The maximum atomic E-state index is 12.4. The van der Waals surface area contributed by atoms with Crippen molar-refractivity contribution >= 4 is 28.3 Å². The van der Waals surface area contributed by atoms with Crippen LogP contribution in [0.1, 0.15) is 20.8 Å². The number of benzene rings is 1. The quantitative estimate of drug-likeness (QED) is 0.502. The van der Waals surface area contributed by atoms with E-state index in [4.69, 9.17) is 4.74 Å². The molecule has 0 N–H and O–H groups in total. The van der Waals surface area contributed by atoms with Crippen LogP contribution in [-0.2, 0) is 11.8 Å². The minimum absolute atomic E-state index is 0.390. The molecule has 0 saturated heterocycles. The third-order valence-corrected chi connectivity index (χ3v) is 4.75. The van der Waals surface area contributed by atoms with Crippen molar-refractivity contribution in [3.8, 4) is 11.3 Å². The van der Waals surface area contributed by atoms with E-state index >= 15 is 0 Å². The van der Waals surface area contributed by atoms with Gasteiger partial charge in [0.05, 0.1) is 17.6 Å². The molecule has 0 aliphatic carbocycles. The standard InChI is InChI=1S/C22H24N4O2/c1-22(2,3)28-21(27)25(5)15-9-10-20-23-13-19(26(20)14-15)16-7-6-8-18-17(16)11-12-24(18)4/h6-14H,1-5H3. The molecule has 4 aromatic rings. The van der Waals surface area contributed by atoms with Gasteiger partial charge in [-0.05, 0) is 45.0 Å². The Morgan fingerprint density at radius 3 is 2.68 bits per heavy atom. The van der Waals surface area contributed by atoms with Gasteiger partial charge in [0.1, 0.15) is 11.2 Å². The van der Waals surface area contributed by atoms with E-state index in [1.54, 1.807) is 7.05 Å². The van der Waals surface area contributed by atoms with Crippen LogP contribution in [0.15, 0.2) is 55.0 Å².